The van der Waals surface area contributed by atoms with Crippen LogP contribution in [0.25, 0.3) is 0 Å². The Morgan fingerprint density at radius 1 is 1.29 bits per heavy atom. The molecule has 0 spiro atoms. The standard InChI is InChI=1S/C17H23N3O4/c1-22-14-4-3-12(9-15(14)23-2)10-16-18-17(13-5-8-24-11-13)20(19-16)6-7-21/h3-4,9,13,21H,5-8,10-11H2,1-2H3/t13-/m0/s1. The molecule has 3 rings (SSSR count). The molecule has 1 aliphatic heterocycles. The Hall–Kier alpha value is -2.12. The SMILES string of the molecule is COc1ccc(Cc2nc([C@H]3CCOC3)n(CCO)n2)cc1OC. The Morgan fingerprint density at radius 3 is 2.79 bits per heavy atom. The molecule has 130 valence electrons. The summed E-state index contributed by atoms with van der Waals surface area (Å²) in [4.78, 5) is 4.69. The summed E-state index contributed by atoms with van der Waals surface area (Å²) in [5.74, 6) is 3.27. The highest BCUT2D eigenvalue weighted by atomic mass is 16.5. The van der Waals surface area contributed by atoms with Gasteiger partial charge in [0.05, 0.1) is 34.0 Å². The highest BCUT2D eigenvalue weighted by Gasteiger charge is 2.24. The highest BCUT2D eigenvalue weighted by molar-refractivity contribution is 5.43. The molecule has 7 heteroatoms. The van der Waals surface area contributed by atoms with Gasteiger partial charge < -0.3 is 19.3 Å². The predicted octanol–water partition coefficient (Wildman–Crippen LogP) is 1.38. The highest BCUT2D eigenvalue weighted by Crippen LogP contribution is 2.29. The average Bonchev–Trinajstić information content (AvgIpc) is 3.25. The number of hydrogen-bond acceptors (Lipinski definition) is 6. The molecule has 0 aliphatic carbocycles. The lowest BCUT2D eigenvalue weighted by atomic mass is 10.1. The van der Waals surface area contributed by atoms with Gasteiger partial charge in [0.1, 0.15) is 5.82 Å². The van der Waals surface area contributed by atoms with E-state index in [4.69, 9.17) is 19.2 Å². The molecule has 0 unspecified atom stereocenters. The minimum Gasteiger partial charge on any atom is -0.493 e. The third kappa shape index (κ3) is 3.52. The largest absolute Gasteiger partial charge is 0.493 e. The molecule has 24 heavy (non-hydrogen) atoms. The van der Waals surface area contributed by atoms with Gasteiger partial charge in [-0.05, 0) is 24.1 Å². The molecule has 0 bridgehead atoms. The molecule has 1 saturated heterocycles. The van der Waals surface area contributed by atoms with Crippen molar-refractivity contribution in [2.45, 2.75) is 25.3 Å². The zero-order valence-corrected chi connectivity index (χ0v) is 14.1. The lowest BCUT2D eigenvalue weighted by molar-refractivity contribution is 0.192. The third-order valence-corrected chi connectivity index (χ3v) is 4.16. The monoisotopic (exact) mass is 333 g/mol. The van der Waals surface area contributed by atoms with Crippen LogP contribution in [0.1, 0.15) is 29.6 Å². The van der Waals surface area contributed by atoms with Crippen LogP contribution in [-0.2, 0) is 17.7 Å². The van der Waals surface area contributed by atoms with Gasteiger partial charge in [-0.2, -0.15) is 5.10 Å². The van der Waals surface area contributed by atoms with Crippen LogP contribution in [0.3, 0.4) is 0 Å². The van der Waals surface area contributed by atoms with Crippen LogP contribution < -0.4 is 9.47 Å². The third-order valence-electron chi connectivity index (χ3n) is 4.16. The minimum absolute atomic E-state index is 0.0414. The van der Waals surface area contributed by atoms with E-state index in [2.05, 4.69) is 5.10 Å². The average molecular weight is 333 g/mol. The van der Waals surface area contributed by atoms with Crippen molar-refractivity contribution in [1.82, 2.24) is 14.8 Å². The van der Waals surface area contributed by atoms with E-state index in [9.17, 15) is 5.11 Å². The van der Waals surface area contributed by atoms with Gasteiger partial charge in [-0.15, -0.1) is 0 Å². The molecule has 7 nitrogen and oxygen atoms in total. The van der Waals surface area contributed by atoms with Crippen molar-refractivity contribution in [1.29, 1.82) is 0 Å². The van der Waals surface area contributed by atoms with E-state index < -0.39 is 0 Å². The number of rotatable bonds is 7. The summed E-state index contributed by atoms with van der Waals surface area (Å²) in [6.07, 6.45) is 1.54. The summed E-state index contributed by atoms with van der Waals surface area (Å²) in [6, 6.07) is 5.79. The van der Waals surface area contributed by atoms with Crippen molar-refractivity contribution in [2.75, 3.05) is 34.0 Å². The molecular formula is C17H23N3O4. The second kappa shape index (κ2) is 7.63. The lowest BCUT2D eigenvalue weighted by Gasteiger charge is -2.08. The fourth-order valence-electron chi connectivity index (χ4n) is 2.95. The number of aliphatic hydroxyl groups excluding tert-OH is 1. The van der Waals surface area contributed by atoms with Gasteiger partial charge in [-0.25, -0.2) is 9.67 Å². The van der Waals surface area contributed by atoms with Crippen LogP contribution in [0, 0.1) is 0 Å². The van der Waals surface area contributed by atoms with Crippen molar-refractivity contribution in [3.63, 3.8) is 0 Å². The number of benzene rings is 1. The Morgan fingerprint density at radius 2 is 2.12 bits per heavy atom. The van der Waals surface area contributed by atoms with Crippen molar-refractivity contribution in [2.24, 2.45) is 0 Å². The Labute approximate surface area is 141 Å². The maximum absolute atomic E-state index is 9.26. The van der Waals surface area contributed by atoms with Crippen molar-refractivity contribution < 1.29 is 19.3 Å². The van der Waals surface area contributed by atoms with Gasteiger partial charge in [0.2, 0.25) is 0 Å². The number of aromatic nitrogens is 3. The van der Waals surface area contributed by atoms with Crippen molar-refractivity contribution in [3.8, 4) is 11.5 Å². The smallest absolute Gasteiger partial charge is 0.161 e. The normalized spacial score (nSPS) is 17.2. The molecule has 1 aromatic carbocycles. The minimum atomic E-state index is 0.0414. The van der Waals surface area contributed by atoms with Gasteiger partial charge >= 0.3 is 0 Å². The van der Waals surface area contributed by atoms with Gasteiger partial charge in [0.15, 0.2) is 17.3 Å². The fourth-order valence-corrected chi connectivity index (χ4v) is 2.95. The summed E-state index contributed by atoms with van der Waals surface area (Å²) in [5, 5.41) is 13.8. The van der Waals surface area contributed by atoms with E-state index in [0.29, 0.717) is 31.1 Å². The van der Waals surface area contributed by atoms with Crippen LogP contribution in [0.4, 0.5) is 0 Å². The van der Waals surface area contributed by atoms with Gasteiger partial charge in [-0.3, -0.25) is 0 Å². The first kappa shape index (κ1) is 16.7. The quantitative estimate of drug-likeness (QED) is 0.825. The van der Waals surface area contributed by atoms with Gasteiger partial charge in [-0.1, -0.05) is 6.07 Å². The maximum Gasteiger partial charge on any atom is 0.161 e. The zero-order valence-electron chi connectivity index (χ0n) is 14.1. The van der Waals surface area contributed by atoms with E-state index in [-0.39, 0.29) is 12.5 Å². The Bertz CT molecular complexity index is 680. The molecule has 0 radical (unpaired) electrons. The van der Waals surface area contributed by atoms with Crippen molar-refractivity contribution >= 4 is 0 Å². The number of aliphatic hydroxyl groups is 1. The molecule has 2 heterocycles. The van der Waals surface area contributed by atoms with Crippen LogP contribution in [0.5, 0.6) is 11.5 Å². The molecule has 1 atom stereocenters. The van der Waals surface area contributed by atoms with Crippen molar-refractivity contribution in [3.05, 3.63) is 35.4 Å². The number of nitrogens with zero attached hydrogens (tertiary/aromatic N) is 3. The Balaban J connectivity index is 1.83. The fraction of sp³-hybridized carbons (Fsp3) is 0.529. The van der Waals surface area contributed by atoms with E-state index in [1.165, 1.54) is 0 Å². The molecule has 1 fully saturated rings. The first-order valence-corrected chi connectivity index (χ1v) is 8.08. The van der Waals surface area contributed by atoms with E-state index in [1.807, 2.05) is 18.2 Å². The van der Waals surface area contributed by atoms with E-state index in [1.54, 1.807) is 18.9 Å². The molecular weight excluding hydrogens is 310 g/mol. The molecule has 2 aromatic rings. The molecule has 0 amide bonds. The Kier molecular flexibility index (Phi) is 5.32. The van der Waals surface area contributed by atoms with E-state index >= 15 is 0 Å². The number of methoxy groups -OCH3 is 2. The first-order chi connectivity index (χ1) is 11.7. The maximum atomic E-state index is 9.26. The molecule has 1 N–H and O–H groups in total. The van der Waals surface area contributed by atoms with Crippen LogP contribution in [-0.4, -0.2) is 53.9 Å². The second-order valence-electron chi connectivity index (χ2n) is 5.76. The summed E-state index contributed by atoms with van der Waals surface area (Å²) in [5.41, 5.74) is 1.04. The summed E-state index contributed by atoms with van der Waals surface area (Å²) < 4.78 is 17.9. The van der Waals surface area contributed by atoms with Crippen LogP contribution in [0.15, 0.2) is 18.2 Å². The second-order valence-corrected chi connectivity index (χ2v) is 5.76. The predicted molar refractivity (Wildman–Crippen MR) is 87.6 cm³/mol. The molecule has 1 aromatic heterocycles. The van der Waals surface area contributed by atoms with Crippen LogP contribution >= 0.6 is 0 Å². The molecule has 0 saturated carbocycles. The number of ether oxygens (including phenoxy) is 3. The summed E-state index contributed by atoms with van der Waals surface area (Å²) in [6.45, 7) is 1.91. The number of hydrogen-bond donors (Lipinski definition) is 1. The topological polar surface area (TPSA) is 78.6 Å². The first-order valence-electron chi connectivity index (χ1n) is 8.08. The van der Waals surface area contributed by atoms with Gasteiger partial charge in [0.25, 0.3) is 0 Å². The summed E-state index contributed by atoms with van der Waals surface area (Å²) >= 11 is 0. The molecule has 1 aliphatic rings. The zero-order chi connectivity index (χ0) is 16.9. The van der Waals surface area contributed by atoms with Crippen LogP contribution in [0.2, 0.25) is 0 Å². The lowest BCUT2D eigenvalue weighted by Crippen LogP contribution is -2.12. The van der Waals surface area contributed by atoms with E-state index in [0.717, 1.165) is 30.2 Å². The summed E-state index contributed by atoms with van der Waals surface area (Å²) in [7, 11) is 3.24. The van der Waals surface area contributed by atoms with Gasteiger partial charge in [0, 0.05) is 18.9 Å².